The summed E-state index contributed by atoms with van der Waals surface area (Å²) in [5.41, 5.74) is 4.45. The van der Waals surface area contributed by atoms with Crippen molar-refractivity contribution >= 4 is 5.96 Å². The Morgan fingerprint density at radius 3 is 2.72 bits per heavy atom. The Morgan fingerprint density at radius 2 is 2.04 bits per heavy atom. The molecule has 0 atom stereocenters. The third-order valence-corrected chi connectivity index (χ3v) is 4.52. The van der Waals surface area contributed by atoms with Gasteiger partial charge in [0.1, 0.15) is 0 Å². The van der Waals surface area contributed by atoms with Crippen LogP contribution in [-0.2, 0) is 6.54 Å². The van der Waals surface area contributed by atoms with Gasteiger partial charge in [-0.15, -0.1) is 0 Å². The summed E-state index contributed by atoms with van der Waals surface area (Å²) in [5, 5.41) is 11.4. The van der Waals surface area contributed by atoms with E-state index in [0.717, 1.165) is 42.0 Å². The molecule has 0 aliphatic heterocycles. The number of hydrogen-bond acceptors (Lipinski definition) is 2. The molecule has 0 unspecified atom stereocenters. The summed E-state index contributed by atoms with van der Waals surface area (Å²) in [6.45, 7) is 8.71. The van der Waals surface area contributed by atoms with Gasteiger partial charge < -0.3 is 10.6 Å². The van der Waals surface area contributed by atoms with Crippen LogP contribution < -0.4 is 10.6 Å². The van der Waals surface area contributed by atoms with E-state index >= 15 is 0 Å². The lowest BCUT2D eigenvalue weighted by atomic mass is 10.2. The molecule has 1 heterocycles. The number of hydrogen-bond donors (Lipinski definition) is 2. The lowest BCUT2D eigenvalue weighted by molar-refractivity contribution is 0.685. The van der Waals surface area contributed by atoms with Crippen LogP contribution in [0.1, 0.15) is 43.1 Å². The van der Waals surface area contributed by atoms with Crippen molar-refractivity contribution in [1.29, 1.82) is 0 Å². The largest absolute Gasteiger partial charge is 0.357 e. The second-order valence-corrected chi connectivity index (χ2v) is 6.82. The topological polar surface area (TPSA) is 54.2 Å². The zero-order chi connectivity index (χ0) is 17.6. The average Bonchev–Trinajstić information content (AvgIpc) is 3.36. The van der Waals surface area contributed by atoms with Gasteiger partial charge in [-0.1, -0.05) is 31.0 Å². The van der Waals surface area contributed by atoms with Crippen LogP contribution in [0.2, 0.25) is 0 Å². The van der Waals surface area contributed by atoms with E-state index in [2.05, 4.69) is 59.9 Å². The van der Waals surface area contributed by atoms with Gasteiger partial charge in [-0.25, -0.2) is 9.67 Å². The molecule has 25 heavy (non-hydrogen) atoms. The molecule has 1 fully saturated rings. The molecule has 0 radical (unpaired) electrons. The van der Waals surface area contributed by atoms with Crippen LogP contribution in [0.25, 0.3) is 5.69 Å². The van der Waals surface area contributed by atoms with Gasteiger partial charge in [0.2, 0.25) is 0 Å². The van der Waals surface area contributed by atoms with Crippen LogP contribution in [-0.4, -0.2) is 28.8 Å². The molecule has 0 saturated heterocycles. The number of aromatic nitrogens is 2. The molecule has 5 nitrogen and oxygen atoms in total. The summed E-state index contributed by atoms with van der Waals surface area (Å²) in [5.74, 6) is 1.83. The highest BCUT2D eigenvalue weighted by Crippen LogP contribution is 2.31. The van der Waals surface area contributed by atoms with Gasteiger partial charge >= 0.3 is 0 Å². The number of benzene rings is 1. The zero-order valence-electron chi connectivity index (χ0n) is 15.5. The molecule has 3 rings (SSSR count). The highest BCUT2D eigenvalue weighted by Gasteiger charge is 2.20. The van der Waals surface area contributed by atoms with Crippen molar-refractivity contribution in [3.63, 3.8) is 0 Å². The summed E-state index contributed by atoms with van der Waals surface area (Å²) in [4.78, 5) is 4.78. The minimum atomic E-state index is 0.632. The predicted molar refractivity (Wildman–Crippen MR) is 103 cm³/mol. The van der Waals surface area contributed by atoms with Gasteiger partial charge in [0.15, 0.2) is 5.96 Å². The number of para-hydroxylation sites is 1. The van der Waals surface area contributed by atoms with E-state index in [1.165, 1.54) is 24.8 Å². The zero-order valence-corrected chi connectivity index (χ0v) is 15.5. The Bertz CT molecular complexity index is 727. The van der Waals surface area contributed by atoms with Crippen LogP contribution in [0.4, 0.5) is 0 Å². The maximum atomic E-state index is 4.78. The number of rotatable bonds is 7. The van der Waals surface area contributed by atoms with Gasteiger partial charge in [-0.05, 0) is 50.8 Å². The van der Waals surface area contributed by atoms with Crippen LogP contribution in [0.15, 0.2) is 35.3 Å². The summed E-state index contributed by atoms with van der Waals surface area (Å²) < 4.78 is 2.01. The fourth-order valence-corrected chi connectivity index (χ4v) is 3.03. The summed E-state index contributed by atoms with van der Waals surface area (Å²) >= 11 is 0. The maximum Gasteiger partial charge on any atom is 0.191 e. The van der Waals surface area contributed by atoms with E-state index < -0.39 is 0 Å². The van der Waals surface area contributed by atoms with Gasteiger partial charge in [0.25, 0.3) is 0 Å². The Kier molecular flexibility index (Phi) is 5.74. The predicted octanol–water partition coefficient (Wildman–Crippen LogP) is 3.34. The van der Waals surface area contributed by atoms with Crippen molar-refractivity contribution in [1.82, 2.24) is 20.4 Å². The minimum Gasteiger partial charge on any atom is -0.357 e. The first-order chi connectivity index (χ1) is 12.2. The van der Waals surface area contributed by atoms with E-state index in [0.29, 0.717) is 6.54 Å². The SMILES string of the molecule is CCNC(=NCc1ccccc1-n1nc(C)cc1C)NCCC1CC1. The van der Waals surface area contributed by atoms with Crippen molar-refractivity contribution in [2.24, 2.45) is 10.9 Å². The third-order valence-electron chi connectivity index (χ3n) is 4.52. The molecular formula is C20H29N5. The minimum absolute atomic E-state index is 0.632. The van der Waals surface area contributed by atoms with E-state index in [-0.39, 0.29) is 0 Å². The van der Waals surface area contributed by atoms with Crippen molar-refractivity contribution in [3.8, 4) is 5.69 Å². The molecule has 134 valence electrons. The lowest BCUT2D eigenvalue weighted by Crippen LogP contribution is -2.37. The van der Waals surface area contributed by atoms with Crippen molar-refractivity contribution in [2.45, 2.75) is 46.6 Å². The Balaban J connectivity index is 1.72. The monoisotopic (exact) mass is 339 g/mol. The summed E-state index contributed by atoms with van der Waals surface area (Å²) in [7, 11) is 0. The first-order valence-electron chi connectivity index (χ1n) is 9.31. The molecule has 5 heteroatoms. The molecule has 0 spiro atoms. The Hall–Kier alpha value is -2.30. The highest BCUT2D eigenvalue weighted by atomic mass is 15.3. The molecule has 0 bridgehead atoms. The molecule has 1 aromatic carbocycles. The Labute approximate surface area is 150 Å². The number of aliphatic imine (C=N–C) groups is 1. The molecule has 1 aliphatic rings. The maximum absolute atomic E-state index is 4.78. The number of aryl methyl sites for hydroxylation is 2. The Morgan fingerprint density at radius 1 is 1.24 bits per heavy atom. The van der Waals surface area contributed by atoms with E-state index in [1.54, 1.807) is 0 Å². The van der Waals surface area contributed by atoms with Crippen LogP contribution in [0.5, 0.6) is 0 Å². The smallest absolute Gasteiger partial charge is 0.191 e. The number of nitrogens with one attached hydrogen (secondary N) is 2. The molecular weight excluding hydrogens is 310 g/mol. The van der Waals surface area contributed by atoms with Gasteiger partial charge in [-0.3, -0.25) is 0 Å². The fraction of sp³-hybridized carbons (Fsp3) is 0.500. The van der Waals surface area contributed by atoms with Crippen molar-refractivity contribution in [3.05, 3.63) is 47.3 Å². The van der Waals surface area contributed by atoms with E-state index in [1.807, 2.05) is 11.6 Å². The van der Waals surface area contributed by atoms with Gasteiger partial charge in [-0.2, -0.15) is 5.10 Å². The fourth-order valence-electron chi connectivity index (χ4n) is 3.03. The number of nitrogens with zero attached hydrogens (tertiary/aromatic N) is 3. The number of guanidine groups is 1. The molecule has 2 aromatic rings. The molecule has 1 aromatic heterocycles. The summed E-state index contributed by atoms with van der Waals surface area (Å²) in [6.07, 6.45) is 4.03. The summed E-state index contributed by atoms with van der Waals surface area (Å²) in [6, 6.07) is 10.5. The van der Waals surface area contributed by atoms with Gasteiger partial charge in [0.05, 0.1) is 17.9 Å². The molecule has 1 saturated carbocycles. The molecule has 2 N–H and O–H groups in total. The van der Waals surface area contributed by atoms with Crippen LogP contribution >= 0.6 is 0 Å². The molecule has 0 amide bonds. The van der Waals surface area contributed by atoms with E-state index in [9.17, 15) is 0 Å². The van der Waals surface area contributed by atoms with Crippen LogP contribution in [0.3, 0.4) is 0 Å². The third kappa shape index (κ3) is 4.84. The van der Waals surface area contributed by atoms with Crippen molar-refractivity contribution in [2.75, 3.05) is 13.1 Å². The van der Waals surface area contributed by atoms with Crippen LogP contribution in [0, 0.1) is 19.8 Å². The second-order valence-electron chi connectivity index (χ2n) is 6.82. The normalized spacial score (nSPS) is 14.6. The van der Waals surface area contributed by atoms with E-state index in [4.69, 9.17) is 4.99 Å². The van der Waals surface area contributed by atoms with Gasteiger partial charge in [0, 0.05) is 18.8 Å². The highest BCUT2D eigenvalue weighted by molar-refractivity contribution is 5.79. The first-order valence-corrected chi connectivity index (χ1v) is 9.31. The second kappa shape index (κ2) is 8.19. The van der Waals surface area contributed by atoms with Crippen molar-refractivity contribution < 1.29 is 0 Å². The lowest BCUT2D eigenvalue weighted by Gasteiger charge is -2.13. The standard InChI is InChI=1S/C20H29N5/c1-4-21-20(22-12-11-17-9-10-17)23-14-18-7-5-6-8-19(18)25-16(3)13-15(2)24-25/h5-8,13,17H,4,9-12,14H2,1-3H3,(H2,21,22,23). The first kappa shape index (κ1) is 17.5. The average molecular weight is 339 g/mol. The quantitative estimate of drug-likeness (QED) is 0.601. The molecule has 1 aliphatic carbocycles.